The van der Waals surface area contributed by atoms with E-state index < -0.39 is 10.0 Å². The highest BCUT2D eigenvalue weighted by Gasteiger charge is 2.18. The first-order chi connectivity index (χ1) is 13.3. The maximum Gasteiger partial charge on any atom is 0.261 e. The van der Waals surface area contributed by atoms with E-state index in [9.17, 15) is 18.0 Å². The monoisotopic (exact) mass is 405 g/mol. The molecule has 2 aromatic rings. The van der Waals surface area contributed by atoms with Crippen molar-refractivity contribution in [3.8, 4) is 0 Å². The molecule has 2 rings (SSSR count). The van der Waals surface area contributed by atoms with Gasteiger partial charge in [0, 0.05) is 32.9 Å². The topological polar surface area (TPSA) is 114 Å². The lowest BCUT2D eigenvalue weighted by Crippen LogP contribution is -2.26. The van der Waals surface area contributed by atoms with E-state index in [1.54, 1.807) is 25.3 Å². The molecule has 0 spiro atoms. The third kappa shape index (κ3) is 6.07. The Bertz CT molecular complexity index is 927. The third-order valence-corrected chi connectivity index (χ3v) is 5.09. The number of methoxy groups -OCH3 is 1. The molecule has 0 bridgehead atoms. The first-order valence-electron chi connectivity index (χ1n) is 8.60. The summed E-state index contributed by atoms with van der Waals surface area (Å²) in [6.45, 7) is 2.30. The number of nitrogens with one attached hydrogen (secondary N) is 3. The number of carbonyl (C=O) groups excluding carboxylic acids is 2. The summed E-state index contributed by atoms with van der Waals surface area (Å²) in [5.41, 5.74) is 0.887. The molecule has 0 heterocycles. The molecule has 8 nitrogen and oxygen atoms in total. The van der Waals surface area contributed by atoms with Crippen molar-refractivity contribution in [2.45, 2.75) is 18.2 Å². The molecule has 2 amide bonds. The number of rotatable bonds is 9. The van der Waals surface area contributed by atoms with Crippen LogP contribution in [0.1, 0.15) is 23.7 Å². The average Bonchev–Trinajstić information content (AvgIpc) is 2.65. The molecule has 0 aliphatic heterocycles. The number of para-hydroxylation sites is 1. The molecule has 0 atom stereocenters. The highest BCUT2D eigenvalue weighted by Crippen LogP contribution is 2.21. The summed E-state index contributed by atoms with van der Waals surface area (Å²) in [5, 5.41) is 5.30. The van der Waals surface area contributed by atoms with Gasteiger partial charge < -0.3 is 15.4 Å². The van der Waals surface area contributed by atoms with Crippen molar-refractivity contribution in [2.24, 2.45) is 0 Å². The Kier molecular flexibility index (Phi) is 7.53. The van der Waals surface area contributed by atoms with Crippen molar-refractivity contribution in [3.05, 3.63) is 54.1 Å². The van der Waals surface area contributed by atoms with Crippen LogP contribution in [0, 0.1) is 0 Å². The molecule has 2 aromatic carbocycles. The normalized spacial score (nSPS) is 10.9. The molecule has 0 fully saturated rings. The van der Waals surface area contributed by atoms with Crippen LogP contribution in [0.3, 0.4) is 0 Å². The average molecular weight is 405 g/mol. The van der Waals surface area contributed by atoms with E-state index in [1.165, 1.54) is 37.3 Å². The van der Waals surface area contributed by atoms with Crippen LogP contribution in [-0.4, -0.2) is 40.5 Å². The highest BCUT2D eigenvalue weighted by molar-refractivity contribution is 7.92. The zero-order valence-corrected chi connectivity index (χ0v) is 16.5. The highest BCUT2D eigenvalue weighted by atomic mass is 32.2. The fraction of sp³-hybridized carbons (Fsp3) is 0.263. The minimum Gasteiger partial charge on any atom is -0.385 e. The lowest BCUT2D eigenvalue weighted by Gasteiger charge is -2.13. The van der Waals surface area contributed by atoms with Gasteiger partial charge in [-0.2, -0.15) is 0 Å². The van der Waals surface area contributed by atoms with Gasteiger partial charge in [0.25, 0.3) is 15.9 Å². The minimum absolute atomic E-state index is 0.0110. The SMILES string of the molecule is COCCCNC(=O)c1ccccc1NS(=O)(=O)c1ccc(NC(C)=O)cc1. The van der Waals surface area contributed by atoms with E-state index in [2.05, 4.69) is 15.4 Å². The Morgan fingerprint density at radius 3 is 2.36 bits per heavy atom. The van der Waals surface area contributed by atoms with Crippen molar-refractivity contribution in [3.63, 3.8) is 0 Å². The zero-order chi connectivity index (χ0) is 20.6. The molecule has 9 heteroatoms. The minimum atomic E-state index is -3.91. The molecule has 0 aromatic heterocycles. The quantitative estimate of drug-likeness (QED) is 0.554. The molecule has 0 radical (unpaired) electrons. The Labute approximate surface area is 164 Å². The number of anilines is 2. The predicted molar refractivity (Wildman–Crippen MR) is 107 cm³/mol. The maximum absolute atomic E-state index is 12.7. The molecule has 0 saturated carbocycles. The second-order valence-electron chi connectivity index (χ2n) is 5.96. The molecular weight excluding hydrogens is 382 g/mol. The van der Waals surface area contributed by atoms with Crippen LogP contribution in [-0.2, 0) is 19.6 Å². The first-order valence-corrected chi connectivity index (χ1v) is 10.1. The van der Waals surface area contributed by atoms with Gasteiger partial charge in [-0.15, -0.1) is 0 Å². The number of amides is 2. The van der Waals surface area contributed by atoms with Gasteiger partial charge in [-0.05, 0) is 42.8 Å². The molecular formula is C19H23N3O5S. The molecule has 0 unspecified atom stereocenters. The third-order valence-electron chi connectivity index (χ3n) is 3.71. The number of hydrogen-bond donors (Lipinski definition) is 3. The van der Waals surface area contributed by atoms with E-state index in [0.717, 1.165) is 0 Å². The Morgan fingerprint density at radius 2 is 1.71 bits per heavy atom. The summed E-state index contributed by atoms with van der Waals surface area (Å²) in [7, 11) is -2.33. The fourth-order valence-electron chi connectivity index (χ4n) is 2.41. The van der Waals surface area contributed by atoms with Crippen LogP contribution >= 0.6 is 0 Å². The van der Waals surface area contributed by atoms with E-state index >= 15 is 0 Å². The number of benzene rings is 2. The largest absolute Gasteiger partial charge is 0.385 e. The van der Waals surface area contributed by atoms with E-state index in [1.807, 2.05) is 0 Å². The van der Waals surface area contributed by atoms with Gasteiger partial charge in [0.1, 0.15) is 0 Å². The number of sulfonamides is 1. The van der Waals surface area contributed by atoms with Crippen molar-refractivity contribution in [2.75, 3.05) is 30.3 Å². The van der Waals surface area contributed by atoms with Crippen LogP contribution in [0.4, 0.5) is 11.4 Å². The zero-order valence-electron chi connectivity index (χ0n) is 15.7. The van der Waals surface area contributed by atoms with Crippen molar-refractivity contribution in [1.82, 2.24) is 5.32 Å². The summed E-state index contributed by atoms with van der Waals surface area (Å²) < 4.78 is 32.7. The summed E-state index contributed by atoms with van der Waals surface area (Å²) in [6, 6.07) is 12.1. The molecule has 3 N–H and O–H groups in total. The molecule has 28 heavy (non-hydrogen) atoms. The van der Waals surface area contributed by atoms with Gasteiger partial charge in [0.05, 0.1) is 16.1 Å². The molecule has 150 valence electrons. The maximum atomic E-state index is 12.7. The Balaban J connectivity index is 2.15. The molecule has 0 saturated heterocycles. The second kappa shape index (κ2) is 9.86. The summed E-state index contributed by atoms with van der Waals surface area (Å²) in [5.74, 6) is -0.630. The van der Waals surface area contributed by atoms with E-state index in [4.69, 9.17) is 4.74 Å². The Hall–Kier alpha value is -2.91. The van der Waals surface area contributed by atoms with Crippen LogP contribution in [0.2, 0.25) is 0 Å². The van der Waals surface area contributed by atoms with E-state index in [-0.39, 0.29) is 28.0 Å². The predicted octanol–water partition coefficient (Wildman–Crippen LogP) is 2.21. The van der Waals surface area contributed by atoms with Gasteiger partial charge in [-0.1, -0.05) is 12.1 Å². The van der Waals surface area contributed by atoms with Gasteiger partial charge in [0.15, 0.2) is 0 Å². The first kappa shape index (κ1) is 21.4. The van der Waals surface area contributed by atoms with E-state index in [0.29, 0.717) is 25.3 Å². The summed E-state index contributed by atoms with van der Waals surface area (Å²) in [4.78, 5) is 23.4. The summed E-state index contributed by atoms with van der Waals surface area (Å²) >= 11 is 0. The standard InChI is InChI=1S/C19H23N3O5S/c1-14(23)21-15-8-10-16(11-9-15)28(25,26)22-18-7-4-3-6-17(18)19(24)20-12-5-13-27-2/h3-4,6-11,22H,5,12-13H2,1-2H3,(H,20,24)(H,21,23). The van der Waals surface area contributed by atoms with Gasteiger partial charge in [-0.25, -0.2) is 8.42 Å². The van der Waals surface area contributed by atoms with Gasteiger partial charge in [0.2, 0.25) is 5.91 Å². The van der Waals surface area contributed by atoms with Crippen molar-refractivity contribution < 1.29 is 22.7 Å². The smallest absolute Gasteiger partial charge is 0.261 e. The summed E-state index contributed by atoms with van der Waals surface area (Å²) in [6.07, 6.45) is 0.650. The van der Waals surface area contributed by atoms with Gasteiger partial charge in [-0.3, -0.25) is 14.3 Å². The van der Waals surface area contributed by atoms with Gasteiger partial charge >= 0.3 is 0 Å². The molecule has 0 aliphatic rings. The molecule has 0 aliphatic carbocycles. The Morgan fingerprint density at radius 1 is 1.04 bits per heavy atom. The number of ether oxygens (including phenoxy) is 1. The number of hydrogen-bond acceptors (Lipinski definition) is 5. The van der Waals surface area contributed by atoms with Crippen molar-refractivity contribution >= 4 is 33.2 Å². The van der Waals surface area contributed by atoms with Crippen LogP contribution in [0.15, 0.2) is 53.4 Å². The second-order valence-corrected chi connectivity index (χ2v) is 7.64. The van der Waals surface area contributed by atoms with Crippen LogP contribution in [0.5, 0.6) is 0 Å². The van der Waals surface area contributed by atoms with Crippen molar-refractivity contribution in [1.29, 1.82) is 0 Å². The lowest BCUT2D eigenvalue weighted by molar-refractivity contribution is -0.114. The lowest BCUT2D eigenvalue weighted by atomic mass is 10.1. The van der Waals surface area contributed by atoms with Crippen LogP contribution in [0.25, 0.3) is 0 Å². The number of carbonyl (C=O) groups is 2. The van der Waals surface area contributed by atoms with Crippen LogP contribution < -0.4 is 15.4 Å². The fourth-order valence-corrected chi connectivity index (χ4v) is 3.49.